The summed E-state index contributed by atoms with van der Waals surface area (Å²) in [6, 6.07) is 0. The van der Waals surface area contributed by atoms with Gasteiger partial charge in [0, 0.05) is 0 Å². The first kappa shape index (κ1) is 13.3. The van der Waals surface area contributed by atoms with Gasteiger partial charge in [0.1, 0.15) is 6.20 Å². The van der Waals surface area contributed by atoms with Gasteiger partial charge in [-0.05, 0) is 17.6 Å². The van der Waals surface area contributed by atoms with Gasteiger partial charge in [-0.1, -0.05) is 23.1 Å². The molecule has 18 heavy (non-hydrogen) atoms. The van der Waals surface area contributed by atoms with Crippen molar-refractivity contribution in [1.82, 2.24) is 15.2 Å². The molecule has 0 aliphatic heterocycles. The van der Waals surface area contributed by atoms with Gasteiger partial charge in [-0.3, -0.25) is 10.1 Å². The molecule has 8 nitrogen and oxygen atoms in total. The molecule has 2 heterocycles. The van der Waals surface area contributed by atoms with Crippen molar-refractivity contribution in [3.63, 3.8) is 0 Å². The molecule has 2 aromatic rings. The summed E-state index contributed by atoms with van der Waals surface area (Å²) in [5, 5.41) is 17.4. The molecular formula is C6H4N4O4S4. The predicted molar refractivity (Wildman–Crippen MR) is 65.9 cm³/mol. The van der Waals surface area contributed by atoms with Crippen LogP contribution in [-0.2, 0) is 9.84 Å². The monoisotopic (exact) mass is 324 g/mol. The second-order valence-electron chi connectivity index (χ2n) is 2.76. The van der Waals surface area contributed by atoms with E-state index >= 15 is 0 Å². The van der Waals surface area contributed by atoms with Crippen molar-refractivity contribution in [1.29, 1.82) is 0 Å². The number of sulfone groups is 1. The fourth-order valence-corrected chi connectivity index (χ4v) is 5.04. The summed E-state index contributed by atoms with van der Waals surface area (Å²) in [6.45, 7) is 0. The highest BCUT2D eigenvalue weighted by atomic mass is 32.3. The second-order valence-corrected chi connectivity index (χ2v) is 8.10. The molecule has 0 fully saturated rings. The number of hydrogen-bond donors (Lipinski definition) is 0. The van der Waals surface area contributed by atoms with Gasteiger partial charge in [-0.25, -0.2) is 13.4 Å². The molecule has 0 aliphatic carbocycles. The highest BCUT2D eigenvalue weighted by Crippen LogP contribution is 2.32. The average Bonchev–Trinajstić information content (AvgIpc) is 2.98. The highest BCUT2D eigenvalue weighted by Gasteiger charge is 2.28. The summed E-state index contributed by atoms with van der Waals surface area (Å²) in [5.41, 5.74) is 0. The Kier molecular flexibility index (Phi) is 3.61. The van der Waals surface area contributed by atoms with Crippen molar-refractivity contribution in [2.75, 3.05) is 6.26 Å². The van der Waals surface area contributed by atoms with Crippen molar-refractivity contribution < 1.29 is 13.3 Å². The van der Waals surface area contributed by atoms with Crippen molar-refractivity contribution in [3.8, 4) is 0 Å². The Morgan fingerprint density at radius 1 is 1.33 bits per heavy atom. The normalized spacial score (nSPS) is 11.6. The lowest BCUT2D eigenvalue weighted by Gasteiger charge is -1.91. The van der Waals surface area contributed by atoms with Gasteiger partial charge in [0.05, 0.1) is 4.92 Å². The van der Waals surface area contributed by atoms with E-state index < -0.39 is 14.8 Å². The predicted octanol–water partition coefficient (Wildman–Crippen LogP) is 1.46. The van der Waals surface area contributed by atoms with Gasteiger partial charge in [-0.15, -0.1) is 10.2 Å². The summed E-state index contributed by atoms with van der Waals surface area (Å²) >= 11 is 2.66. The number of rotatable bonds is 4. The minimum Gasteiger partial charge on any atom is -0.257 e. The Morgan fingerprint density at radius 2 is 2.06 bits per heavy atom. The van der Waals surface area contributed by atoms with E-state index in [4.69, 9.17) is 0 Å². The fourth-order valence-electron chi connectivity index (χ4n) is 0.922. The average molecular weight is 324 g/mol. The maximum absolute atomic E-state index is 12.0. The van der Waals surface area contributed by atoms with E-state index in [0.717, 1.165) is 17.5 Å². The van der Waals surface area contributed by atoms with E-state index in [1.54, 1.807) is 6.26 Å². The molecule has 2 rings (SSSR count). The van der Waals surface area contributed by atoms with Crippen LogP contribution >= 0.6 is 34.4 Å². The second kappa shape index (κ2) is 4.87. The van der Waals surface area contributed by atoms with Crippen molar-refractivity contribution in [3.05, 3.63) is 16.3 Å². The molecule has 2 aromatic heterocycles. The summed E-state index contributed by atoms with van der Waals surface area (Å²) in [5.74, 6) is 0. The molecule has 0 bridgehead atoms. The molecule has 0 radical (unpaired) electrons. The Labute approximate surface area is 113 Å². The lowest BCUT2D eigenvalue weighted by molar-refractivity contribution is -0.380. The van der Waals surface area contributed by atoms with Crippen LogP contribution in [0.25, 0.3) is 0 Å². The van der Waals surface area contributed by atoms with E-state index in [-0.39, 0.29) is 13.7 Å². The van der Waals surface area contributed by atoms with E-state index in [2.05, 4.69) is 15.2 Å². The molecule has 0 saturated heterocycles. The van der Waals surface area contributed by atoms with Crippen LogP contribution in [0.5, 0.6) is 0 Å². The maximum Gasteiger partial charge on any atom is 0.344 e. The highest BCUT2D eigenvalue weighted by molar-refractivity contribution is 8.01. The van der Waals surface area contributed by atoms with E-state index in [1.165, 1.54) is 11.8 Å². The fraction of sp³-hybridized carbons (Fsp3) is 0.167. The Hall–Kier alpha value is -1.11. The smallest absolute Gasteiger partial charge is 0.257 e. The third-order valence-corrected chi connectivity index (χ3v) is 7.03. The van der Waals surface area contributed by atoms with Crippen molar-refractivity contribution in [2.45, 2.75) is 13.0 Å². The van der Waals surface area contributed by atoms with Gasteiger partial charge in [-0.2, -0.15) is 0 Å². The first-order chi connectivity index (χ1) is 8.45. The first-order valence-corrected chi connectivity index (χ1v) is 8.52. The molecule has 0 spiro atoms. The van der Waals surface area contributed by atoms with Crippen LogP contribution in [0.15, 0.2) is 19.2 Å². The maximum atomic E-state index is 12.0. The van der Waals surface area contributed by atoms with Crippen molar-refractivity contribution >= 4 is 49.3 Å². The zero-order chi connectivity index (χ0) is 13.3. The quantitative estimate of drug-likeness (QED) is 0.471. The number of nitro groups is 1. The molecule has 0 aliphatic rings. The molecule has 0 saturated carbocycles. The van der Waals surface area contributed by atoms with Crippen LogP contribution in [0.1, 0.15) is 0 Å². The van der Waals surface area contributed by atoms with Crippen LogP contribution in [0.2, 0.25) is 0 Å². The largest absolute Gasteiger partial charge is 0.344 e. The van der Waals surface area contributed by atoms with Crippen LogP contribution in [0.3, 0.4) is 0 Å². The lowest BCUT2D eigenvalue weighted by Crippen LogP contribution is -2.00. The zero-order valence-electron chi connectivity index (χ0n) is 8.63. The standard InChI is InChI=1S/C6H4N4O4S4/c1-15-4-8-9-6(17-4)18(13,14)5-7-2-3(16-5)10(11)12/h2H,1H3. The van der Waals surface area contributed by atoms with Gasteiger partial charge in [0.2, 0.25) is 8.68 Å². The molecule has 0 N–H and O–H groups in total. The number of aromatic nitrogens is 3. The molecule has 0 amide bonds. The molecule has 0 unspecified atom stereocenters. The third kappa shape index (κ3) is 2.36. The minimum atomic E-state index is -3.91. The Balaban J connectivity index is 2.44. The molecule has 0 aromatic carbocycles. The van der Waals surface area contributed by atoms with Gasteiger partial charge in [0.15, 0.2) is 4.34 Å². The SMILES string of the molecule is CSc1nnc(S(=O)(=O)c2ncc([N+](=O)[O-])s2)s1. The first-order valence-electron chi connectivity index (χ1n) is 4.18. The molecular weight excluding hydrogens is 320 g/mol. The molecule has 96 valence electrons. The minimum absolute atomic E-state index is 0.212. The number of nitrogens with zero attached hydrogens (tertiary/aromatic N) is 4. The summed E-state index contributed by atoms with van der Waals surface area (Å²) in [6.07, 6.45) is 2.65. The number of hydrogen-bond acceptors (Lipinski definition) is 10. The van der Waals surface area contributed by atoms with E-state index in [9.17, 15) is 18.5 Å². The molecule has 12 heteroatoms. The number of thiazole rings is 1. The van der Waals surface area contributed by atoms with Crippen LogP contribution in [0, 0.1) is 10.1 Å². The van der Waals surface area contributed by atoms with Crippen LogP contribution in [0.4, 0.5) is 5.00 Å². The summed E-state index contributed by atoms with van der Waals surface area (Å²) < 4.78 is 24.0. The van der Waals surface area contributed by atoms with E-state index in [1.807, 2.05) is 0 Å². The summed E-state index contributed by atoms with van der Waals surface area (Å²) in [4.78, 5) is 13.3. The lowest BCUT2D eigenvalue weighted by atomic mass is 10.9. The Bertz CT molecular complexity index is 690. The van der Waals surface area contributed by atoms with Gasteiger partial charge in [0.25, 0.3) is 9.84 Å². The Morgan fingerprint density at radius 3 is 2.56 bits per heavy atom. The van der Waals surface area contributed by atoms with E-state index in [0.29, 0.717) is 15.7 Å². The molecule has 0 atom stereocenters. The zero-order valence-corrected chi connectivity index (χ0v) is 11.9. The van der Waals surface area contributed by atoms with Crippen LogP contribution in [-0.4, -0.2) is 34.8 Å². The van der Waals surface area contributed by atoms with Crippen LogP contribution < -0.4 is 0 Å². The van der Waals surface area contributed by atoms with Gasteiger partial charge >= 0.3 is 5.00 Å². The van der Waals surface area contributed by atoms with Gasteiger partial charge < -0.3 is 0 Å². The van der Waals surface area contributed by atoms with Crippen molar-refractivity contribution in [2.24, 2.45) is 0 Å². The summed E-state index contributed by atoms with van der Waals surface area (Å²) in [7, 11) is -3.91. The topological polar surface area (TPSA) is 116 Å². The number of thioether (sulfide) groups is 1. The third-order valence-electron chi connectivity index (χ3n) is 1.67.